The smallest absolute Gasteiger partial charge is 0.270 e. The maximum absolute atomic E-state index is 13.0. The van der Waals surface area contributed by atoms with Gasteiger partial charge in [-0.15, -0.1) is 0 Å². The van der Waals surface area contributed by atoms with E-state index >= 15 is 0 Å². The zero-order valence-corrected chi connectivity index (χ0v) is 20.2. The number of anilines is 2. The van der Waals surface area contributed by atoms with E-state index in [1.54, 1.807) is 19.2 Å². The van der Waals surface area contributed by atoms with Gasteiger partial charge in [-0.25, -0.2) is 4.98 Å². The van der Waals surface area contributed by atoms with Crippen LogP contribution in [0.2, 0.25) is 0 Å². The number of nitrogens with zero attached hydrogens (tertiary/aromatic N) is 7. The number of fused-ring (bicyclic) bond motifs is 1. The predicted octanol–water partition coefficient (Wildman–Crippen LogP) is 3.74. The molecule has 0 spiro atoms. The summed E-state index contributed by atoms with van der Waals surface area (Å²) < 4.78 is 1.44. The van der Waals surface area contributed by atoms with Gasteiger partial charge in [0.1, 0.15) is 28.9 Å². The highest BCUT2D eigenvalue weighted by Crippen LogP contribution is 2.37. The summed E-state index contributed by atoms with van der Waals surface area (Å²) in [6.07, 6.45) is 10.3. The van der Waals surface area contributed by atoms with Crippen molar-refractivity contribution in [2.75, 3.05) is 23.4 Å². The first kappa shape index (κ1) is 22.9. The Morgan fingerprint density at radius 3 is 2.43 bits per heavy atom. The molecule has 0 aliphatic heterocycles. The summed E-state index contributed by atoms with van der Waals surface area (Å²) in [6, 6.07) is 12.3. The van der Waals surface area contributed by atoms with Crippen LogP contribution in [0.3, 0.4) is 0 Å². The van der Waals surface area contributed by atoms with Crippen molar-refractivity contribution in [2.45, 2.75) is 50.6 Å². The summed E-state index contributed by atoms with van der Waals surface area (Å²) >= 11 is 0. The van der Waals surface area contributed by atoms with Gasteiger partial charge in [-0.3, -0.25) is 9.78 Å². The van der Waals surface area contributed by atoms with Gasteiger partial charge in [0.05, 0.1) is 23.1 Å². The average molecular weight is 468 g/mol. The van der Waals surface area contributed by atoms with Gasteiger partial charge < -0.3 is 14.4 Å². The average Bonchev–Trinajstić information content (AvgIpc) is 3.73. The Kier molecular flexibility index (Phi) is 6.13. The molecule has 2 aliphatic rings. The summed E-state index contributed by atoms with van der Waals surface area (Å²) in [5.74, 6) is 0.779. The van der Waals surface area contributed by atoms with Crippen molar-refractivity contribution >= 4 is 22.4 Å². The van der Waals surface area contributed by atoms with Crippen LogP contribution in [0.15, 0.2) is 41.5 Å². The Morgan fingerprint density at radius 2 is 1.80 bits per heavy atom. The van der Waals surface area contributed by atoms with E-state index in [1.165, 1.54) is 23.1 Å². The molecule has 0 amide bonds. The van der Waals surface area contributed by atoms with Crippen LogP contribution in [0.4, 0.5) is 11.4 Å². The summed E-state index contributed by atoms with van der Waals surface area (Å²) in [5, 5.41) is 19.3. The standard InChI is InChI=1S/C27H29N7O/c1-32(26-23(15-29)27(35)33(2)24-12-7-19(14-28)31-25(24)26)20-8-10-21(11-9-20)34(17-18-5-6-18)22-4-3-13-30-16-22/h3-4,7,12-13,16,18,20-21H,5-6,8-11,17H2,1-2H3/t20-,21-. The third-order valence-electron chi connectivity index (χ3n) is 7.58. The normalized spacial score (nSPS) is 19.7. The summed E-state index contributed by atoms with van der Waals surface area (Å²) in [7, 11) is 3.59. The highest BCUT2D eigenvalue weighted by atomic mass is 16.1. The SMILES string of the molecule is Cn1c(=O)c(C#N)c(N(C)[C@H]2CC[C@H](N(CC3CC3)c3cccnc3)CC2)c2nc(C#N)ccc21. The fourth-order valence-corrected chi connectivity index (χ4v) is 5.41. The van der Waals surface area contributed by atoms with E-state index < -0.39 is 0 Å². The number of hydrogen-bond donors (Lipinski definition) is 0. The summed E-state index contributed by atoms with van der Waals surface area (Å²) in [4.78, 5) is 26.4. The van der Waals surface area contributed by atoms with Gasteiger partial charge in [-0.1, -0.05) is 0 Å². The molecule has 8 heteroatoms. The van der Waals surface area contributed by atoms with Crippen molar-refractivity contribution in [2.24, 2.45) is 13.0 Å². The lowest BCUT2D eigenvalue weighted by Gasteiger charge is -2.41. The third kappa shape index (κ3) is 4.33. The number of aromatic nitrogens is 3. The van der Waals surface area contributed by atoms with Crippen molar-refractivity contribution in [1.82, 2.24) is 14.5 Å². The monoisotopic (exact) mass is 467 g/mol. The van der Waals surface area contributed by atoms with Crippen molar-refractivity contribution < 1.29 is 0 Å². The second-order valence-corrected chi connectivity index (χ2v) is 9.76. The number of rotatable bonds is 6. The number of nitriles is 2. The minimum absolute atomic E-state index is 0.0814. The first-order valence-electron chi connectivity index (χ1n) is 12.2. The number of hydrogen-bond acceptors (Lipinski definition) is 7. The van der Waals surface area contributed by atoms with E-state index in [1.807, 2.05) is 25.5 Å². The second-order valence-electron chi connectivity index (χ2n) is 9.76. The van der Waals surface area contributed by atoms with Gasteiger partial charge >= 0.3 is 0 Å². The lowest BCUT2D eigenvalue weighted by molar-refractivity contribution is 0.365. The Labute approximate surface area is 205 Å². The molecule has 3 aromatic rings. The lowest BCUT2D eigenvalue weighted by Crippen LogP contribution is -2.44. The molecule has 0 unspecified atom stereocenters. The molecule has 0 radical (unpaired) electrons. The second kappa shape index (κ2) is 9.38. The van der Waals surface area contributed by atoms with E-state index in [0.717, 1.165) is 38.1 Å². The predicted molar refractivity (Wildman–Crippen MR) is 135 cm³/mol. The van der Waals surface area contributed by atoms with Crippen molar-refractivity contribution in [3.05, 3.63) is 58.3 Å². The van der Waals surface area contributed by atoms with Crippen molar-refractivity contribution in [3.63, 3.8) is 0 Å². The van der Waals surface area contributed by atoms with Gasteiger partial charge in [0.15, 0.2) is 0 Å². The van der Waals surface area contributed by atoms with Gasteiger partial charge in [-0.05, 0) is 68.7 Å². The fraction of sp³-hybridized carbons (Fsp3) is 0.444. The van der Waals surface area contributed by atoms with E-state index in [9.17, 15) is 15.3 Å². The summed E-state index contributed by atoms with van der Waals surface area (Å²) in [5.41, 5.74) is 2.88. The van der Waals surface area contributed by atoms with E-state index in [-0.39, 0.29) is 22.9 Å². The van der Waals surface area contributed by atoms with Crippen LogP contribution >= 0.6 is 0 Å². The van der Waals surface area contributed by atoms with Crippen LogP contribution in [-0.2, 0) is 7.05 Å². The van der Waals surface area contributed by atoms with Crippen LogP contribution in [0, 0.1) is 28.6 Å². The fourth-order valence-electron chi connectivity index (χ4n) is 5.41. The first-order valence-corrected chi connectivity index (χ1v) is 12.2. The molecule has 0 saturated heterocycles. The Morgan fingerprint density at radius 1 is 1.06 bits per heavy atom. The first-order chi connectivity index (χ1) is 17.0. The van der Waals surface area contributed by atoms with Gasteiger partial charge in [0, 0.05) is 38.9 Å². The van der Waals surface area contributed by atoms with Crippen LogP contribution in [-0.4, -0.2) is 40.2 Å². The topological polar surface area (TPSA) is 102 Å². The minimum atomic E-state index is -0.339. The molecule has 0 atom stereocenters. The molecule has 0 bridgehead atoms. The van der Waals surface area contributed by atoms with E-state index in [0.29, 0.717) is 22.8 Å². The quantitative estimate of drug-likeness (QED) is 0.544. The zero-order valence-electron chi connectivity index (χ0n) is 20.2. The Bertz CT molecular complexity index is 1370. The minimum Gasteiger partial charge on any atom is -0.369 e. The Hall–Kier alpha value is -3.91. The molecule has 2 aliphatic carbocycles. The highest BCUT2D eigenvalue weighted by molar-refractivity contribution is 5.92. The number of pyridine rings is 3. The molecule has 3 aromatic heterocycles. The summed E-state index contributed by atoms with van der Waals surface area (Å²) in [6.45, 7) is 1.08. The molecular weight excluding hydrogens is 438 g/mol. The molecule has 3 heterocycles. The lowest BCUT2D eigenvalue weighted by atomic mass is 9.88. The van der Waals surface area contributed by atoms with Crippen LogP contribution in [0.25, 0.3) is 11.0 Å². The zero-order chi connectivity index (χ0) is 24.5. The Balaban J connectivity index is 1.43. The molecule has 5 rings (SSSR count). The maximum Gasteiger partial charge on any atom is 0.270 e. The molecule has 2 saturated carbocycles. The van der Waals surface area contributed by atoms with Gasteiger partial charge in [0.2, 0.25) is 0 Å². The molecule has 2 fully saturated rings. The van der Waals surface area contributed by atoms with E-state index in [2.05, 4.69) is 38.0 Å². The molecule has 35 heavy (non-hydrogen) atoms. The van der Waals surface area contributed by atoms with Gasteiger partial charge in [-0.2, -0.15) is 10.5 Å². The molecule has 8 nitrogen and oxygen atoms in total. The van der Waals surface area contributed by atoms with E-state index in [4.69, 9.17) is 0 Å². The number of aryl methyl sites for hydroxylation is 1. The highest BCUT2D eigenvalue weighted by Gasteiger charge is 2.33. The molecule has 0 N–H and O–H groups in total. The van der Waals surface area contributed by atoms with Gasteiger partial charge in [0.25, 0.3) is 5.56 Å². The molecular formula is C27H29N7O. The van der Waals surface area contributed by atoms with Crippen LogP contribution < -0.4 is 15.4 Å². The third-order valence-corrected chi connectivity index (χ3v) is 7.58. The molecule has 178 valence electrons. The maximum atomic E-state index is 13.0. The van der Waals surface area contributed by atoms with Crippen molar-refractivity contribution in [3.8, 4) is 12.1 Å². The molecule has 0 aromatic carbocycles. The van der Waals surface area contributed by atoms with Crippen LogP contribution in [0.5, 0.6) is 0 Å². The largest absolute Gasteiger partial charge is 0.369 e. The van der Waals surface area contributed by atoms with Crippen LogP contribution in [0.1, 0.15) is 49.8 Å². The van der Waals surface area contributed by atoms with Crippen molar-refractivity contribution in [1.29, 1.82) is 10.5 Å².